The van der Waals surface area contributed by atoms with Gasteiger partial charge in [-0.15, -0.1) is 0 Å². The van der Waals surface area contributed by atoms with Crippen molar-refractivity contribution in [2.75, 3.05) is 28.4 Å². The normalized spacial score (nSPS) is 21.1. The van der Waals surface area contributed by atoms with Gasteiger partial charge < -0.3 is 18.9 Å². The Hall–Kier alpha value is -1.62. The smallest absolute Gasteiger partial charge is 0.222 e. The molecular weight excluding hydrogens is 256 g/mol. The number of methoxy groups -OCH3 is 4. The summed E-state index contributed by atoms with van der Waals surface area (Å²) in [6.45, 7) is 0. The minimum atomic E-state index is -0.974. The first kappa shape index (κ1) is 14.8. The molecule has 0 heterocycles. The van der Waals surface area contributed by atoms with Crippen LogP contribution in [0.1, 0.15) is 5.56 Å². The van der Waals surface area contributed by atoms with Crippen LogP contribution in [0.2, 0.25) is 0 Å². The van der Waals surface area contributed by atoms with Crippen molar-refractivity contribution in [1.82, 2.24) is 0 Å². The fourth-order valence-corrected chi connectivity index (χ4v) is 2.47. The molecule has 0 spiro atoms. The molecule has 0 aliphatic heterocycles. The van der Waals surface area contributed by atoms with Gasteiger partial charge in [0.15, 0.2) is 6.10 Å². The second-order valence-corrected chi connectivity index (χ2v) is 4.43. The number of benzene rings is 1. The van der Waals surface area contributed by atoms with E-state index in [4.69, 9.17) is 18.9 Å². The van der Waals surface area contributed by atoms with Crippen LogP contribution in [-0.2, 0) is 18.9 Å². The van der Waals surface area contributed by atoms with E-state index in [1.54, 1.807) is 28.4 Å². The highest BCUT2D eigenvalue weighted by molar-refractivity contribution is 5.78. The molecule has 1 aliphatic rings. The molecule has 0 radical (unpaired) electrons. The van der Waals surface area contributed by atoms with Gasteiger partial charge in [-0.2, -0.15) is 0 Å². The maximum Gasteiger partial charge on any atom is 0.222 e. The Labute approximate surface area is 119 Å². The summed E-state index contributed by atoms with van der Waals surface area (Å²) in [5, 5.41) is 0. The van der Waals surface area contributed by atoms with Gasteiger partial charge in [-0.25, -0.2) is 0 Å². The summed E-state index contributed by atoms with van der Waals surface area (Å²) in [4.78, 5) is 0. The molecule has 0 aromatic heterocycles. The molecule has 0 saturated heterocycles. The first-order chi connectivity index (χ1) is 9.72. The van der Waals surface area contributed by atoms with E-state index >= 15 is 0 Å². The lowest BCUT2D eigenvalue weighted by atomic mass is 9.92. The van der Waals surface area contributed by atoms with Crippen LogP contribution in [0.3, 0.4) is 0 Å². The SMILES string of the molecule is COC1=C(c2ccccc2)C=CC(OC)(OC)C1OC. The largest absolute Gasteiger partial charge is 0.497 e. The molecule has 4 nitrogen and oxygen atoms in total. The molecule has 4 heteroatoms. The number of hydrogen-bond donors (Lipinski definition) is 0. The van der Waals surface area contributed by atoms with Gasteiger partial charge in [0.25, 0.3) is 0 Å². The average molecular weight is 276 g/mol. The summed E-state index contributed by atoms with van der Waals surface area (Å²) < 4.78 is 22.1. The predicted octanol–water partition coefficient (Wildman–Crippen LogP) is 2.62. The van der Waals surface area contributed by atoms with Crippen LogP contribution in [-0.4, -0.2) is 40.3 Å². The fraction of sp³-hybridized carbons (Fsp3) is 0.375. The highest BCUT2D eigenvalue weighted by atomic mass is 16.7. The van der Waals surface area contributed by atoms with Crippen molar-refractivity contribution in [2.24, 2.45) is 0 Å². The summed E-state index contributed by atoms with van der Waals surface area (Å²) >= 11 is 0. The topological polar surface area (TPSA) is 36.9 Å². The van der Waals surface area contributed by atoms with Crippen molar-refractivity contribution in [2.45, 2.75) is 11.9 Å². The lowest BCUT2D eigenvalue weighted by molar-refractivity contribution is -0.230. The second-order valence-electron chi connectivity index (χ2n) is 4.43. The summed E-state index contributed by atoms with van der Waals surface area (Å²) in [6, 6.07) is 10.0. The minimum absolute atomic E-state index is 0.470. The Morgan fingerprint density at radius 1 is 0.950 bits per heavy atom. The third-order valence-electron chi connectivity index (χ3n) is 3.53. The molecule has 2 rings (SSSR count). The van der Waals surface area contributed by atoms with Crippen LogP contribution in [0.25, 0.3) is 5.57 Å². The zero-order valence-corrected chi connectivity index (χ0v) is 12.3. The Balaban J connectivity index is 2.52. The van der Waals surface area contributed by atoms with Crippen molar-refractivity contribution in [3.8, 4) is 0 Å². The summed E-state index contributed by atoms with van der Waals surface area (Å²) in [5.41, 5.74) is 2.02. The molecule has 0 fully saturated rings. The predicted molar refractivity (Wildman–Crippen MR) is 77.1 cm³/mol. The molecule has 1 atom stereocenters. The molecule has 1 aromatic rings. The van der Waals surface area contributed by atoms with E-state index in [0.29, 0.717) is 5.76 Å². The van der Waals surface area contributed by atoms with Crippen LogP contribution in [0.4, 0.5) is 0 Å². The van der Waals surface area contributed by atoms with Gasteiger partial charge in [0.1, 0.15) is 5.76 Å². The van der Waals surface area contributed by atoms with E-state index < -0.39 is 11.9 Å². The number of allylic oxidation sites excluding steroid dienone is 2. The van der Waals surface area contributed by atoms with E-state index in [2.05, 4.69) is 0 Å². The van der Waals surface area contributed by atoms with Gasteiger partial charge in [0, 0.05) is 26.9 Å². The zero-order chi connectivity index (χ0) is 14.6. The molecule has 1 aromatic carbocycles. The first-order valence-corrected chi connectivity index (χ1v) is 6.38. The Morgan fingerprint density at radius 3 is 2.10 bits per heavy atom. The van der Waals surface area contributed by atoms with Gasteiger partial charge in [-0.1, -0.05) is 30.3 Å². The van der Waals surface area contributed by atoms with E-state index in [9.17, 15) is 0 Å². The number of ether oxygens (including phenoxy) is 4. The van der Waals surface area contributed by atoms with Gasteiger partial charge in [-0.05, 0) is 17.7 Å². The Bertz CT molecular complexity index is 500. The Morgan fingerprint density at radius 2 is 1.60 bits per heavy atom. The first-order valence-electron chi connectivity index (χ1n) is 6.38. The number of rotatable bonds is 5. The molecule has 1 aliphatic carbocycles. The lowest BCUT2D eigenvalue weighted by Gasteiger charge is -2.38. The molecular formula is C16H20O4. The van der Waals surface area contributed by atoms with Gasteiger partial charge in [0.05, 0.1) is 7.11 Å². The molecule has 0 N–H and O–H groups in total. The van der Waals surface area contributed by atoms with Gasteiger partial charge in [-0.3, -0.25) is 0 Å². The minimum Gasteiger partial charge on any atom is -0.497 e. The van der Waals surface area contributed by atoms with Crippen molar-refractivity contribution in [1.29, 1.82) is 0 Å². The standard InChI is InChI=1S/C16H20O4/c1-17-14-13(12-8-6-5-7-9-12)10-11-16(19-3,20-4)15(14)18-2/h5-11,15H,1-4H3. The molecule has 0 saturated carbocycles. The number of hydrogen-bond acceptors (Lipinski definition) is 4. The fourth-order valence-electron chi connectivity index (χ4n) is 2.47. The average Bonchev–Trinajstić information content (AvgIpc) is 2.53. The lowest BCUT2D eigenvalue weighted by Crippen LogP contribution is -2.48. The zero-order valence-electron chi connectivity index (χ0n) is 12.3. The molecule has 0 bridgehead atoms. The van der Waals surface area contributed by atoms with Crippen molar-refractivity contribution in [3.63, 3.8) is 0 Å². The second kappa shape index (κ2) is 6.22. The van der Waals surface area contributed by atoms with Crippen molar-refractivity contribution in [3.05, 3.63) is 53.8 Å². The molecule has 1 unspecified atom stereocenters. The van der Waals surface area contributed by atoms with Crippen LogP contribution in [0.5, 0.6) is 0 Å². The van der Waals surface area contributed by atoms with E-state index in [1.165, 1.54) is 0 Å². The highest BCUT2D eigenvalue weighted by Crippen LogP contribution is 2.37. The van der Waals surface area contributed by atoms with Gasteiger partial charge >= 0.3 is 0 Å². The summed E-state index contributed by atoms with van der Waals surface area (Å²) in [7, 11) is 6.40. The van der Waals surface area contributed by atoms with E-state index in [-0.39, 0.29) is 0 Å². The van der Waals surface area contributed by atoms with Crippen molar-refractivity contribution < 1.29 is 18.9 Å². The monoisotopic (exact) mass is 276 g/mol. The van der Waals surface area contributed by atoms with Crippen molar-refractivity contribution >= 4 is 5.57 Å². The molecule has 108 valence electrons. The van der Waals surface area contributed by atoms with Crippen LogP contribution < -0.4 is 0 Å². The molecule has 0 amide bonds. The third-order valence-corrected chi connectivity index (χ3v) is 3.53. The van der Waals surface area contributed by atoms with Crippen LogP contribution in [0.15, 0.2) is 48.2 Å². The maximum atomic E-state index is 5.56. The molecule has 20 heavy (non-hydrogen) atoms. The Kier molecular flexibility index (Phi) is 4.60. The van der Waals surface area contributed by atoms with Gasteiger partial charge in [0.2, 0.25) is 5.79 Å². The summed E-state index contributed by atoms with van der Waals surface area (Å²) in [6.07, 6.45) is 3.32. The quantitative estimate of drug-likeness (QED) is 0.775. The van der Waals surface area contributed by atoms with Crippen LogP contribution in [0, 0.1) is 0 Å². The van der Waals surface area contributed by atoms with E-state index in [1.807, 2.05) is 42.5 Å². The summed E-state index contributed by atoms with van der Waals surface area (Å²) in [5.74, 6) is -0.289. The maximum absolute atomic E-state index is 5.56. The third kappa shape index (κ3) is 2.38. The van der Waals surface area contributed by atoms with Crippen LogP contribution >= 0.6 is 0 Å². The van der Waals surface area contributed by atoms with E-state index in [0.717, 1.165) is 11.1 Å². The highest BCUT2D eigenvalue weighted by Gasteiger charge is 2.44.